The Labute approximate surface area is 266 Å². The van der Waals surface area contributed by atoms with E-state index in [2.05, 4.69) is 5.10 Å². The SMILES string of the molecule is COc1ccc(F)cc1[C@H](CN1c2sc(-n3cccn3)c(C)c2C(=O)N(C(C)(C)C(=O)N2CCCC2)C1O)OC1CCOCC1. The molecule has 2 aromatic heterocycles. The lowest BCUT2D eigenvalue weighted by molar-refractivity contribution is -0.146. The molecule has 3 aromatic rings. The Balaban J connectivity index is 1.46. The molecule has 1 N–H and O–H groups in total. The maximum Gasteiger partial charge on any atom is 0.261 e. The molecule has 242 valence electrons. The number of aromatic nitrogens is 2. The quantitative estimate of drug-likeness (QED) is 0.369. The van der Waals surface area contributed by atoms with E-state index in [1.165, 1.54) is 35.5 Å². The molecule has 1 unspecified atom stereocenters. The first kappa shape index (κ1) is 31.5. The summed E-state index contributed by atoms with van der Waals surface area (Å²) < 4.78 is 34.3. The van der Waals surface area contributed by atoms with E-state index in [0.29, 0.717) is 71.6 Å². The minimum atomic E-state index is -1.52. The third-order valence-corrected chi connectivity index (χ3v) is 10.3. The van der Waals surface area contributed by atoms with Crippen molar-refractivity contribution in [3.63, 3.8) is 0 Å². The van der Waals surface area contributed by atoms with Crippen molar-refractivity contribution >= 4 is 28.2 Å². The number of amides is 2. The molecule has 0 saturated carbocycles. The highest BCUT2D eigenvalue weighted by atomic mass is 32.1. The molecule has 11 nitrogen and oxygen atoms in total. The summed E-state index contributed by atoms with van der Waals surface area (Å²) in [5, 5.41) is 17.8. The number of aliphatic hydroxyl groups excluding tert-OH is 1. The van der Waals surface area contributed by atoms with Crippen LogP contribution in [0, 0.1) is 12.7 Å². The third-order valence-electron chi connectivity index (χ3n) is 8.96. The van der Waals surface area contributed by atoms with Gasteiger partial charge in [-0.25, -0.2) is 9.07 Å². The summed E-state index contributed by atoms with van der Waals surface area (Å²) in [6.45, 7) is 7.55. The lowest BCUT2D eigenvalue weighted by Crippen LogP contribution is -2.67. The predicted molar refractivity (Wildman–Crippen MR) is 166 cm³/mol. The molecular formula is C32H40FN5O6S. The van der Waals surface area contributed by atoms with Crippen molar-refractivity contribution in [2.45, 2.75) is 70.6 Å². The number of carbonyl (C=O) groups excluding carboxylic acids is 2. The molecule has 0 aliphatic carbocycles. The minimum Gasteiger partial charge on any atom is -0.496 e. The Kier molecular flexibility index (Phi) is 8.88. The predicted octanol–water partition coefficient (Wildman–Crippen LogP) is 4.27. The van der Waals surface area contributed by atoms with E-state index in [1.54, 1.807) is 52.9 Å². The van der Waals surface area contributed by atoms with Gasteiger partial charge in [0.2, 0.25) is 12.3 Å². The Morgan fingerprint density at radius 2 is 1.96 bits per heavy atom. The van der Waals surface area contributed by atoms with E-state index >= 15 is 0 Å². The highest BCUT2D eigenvalue weighted by Crippen LogP contribution is 2.46. The van der Waals surface area contributed by atoms with Gasteiger partial charge < -0.3 is 29.1 Å². The Hall–Kier alpha value is -3.52. The Morgan fingerprint density at radius 3 is 2.62 bits per heavy atom. The Bertz CT molecular complexity index is 1530. The van der Waals surface area contributed by atoms with Crippen LogP contribution < -0.4 is 9.64 Å². The van der Waals surface area contributed by atoms with Gasteiger partial charge in [0, 0.05) is 49.8 Å². The van der Waals surface area contributed by atoms with E-state index < -0.39 is 29.7 Å². The van der Waals surface area contributed by atoms with Crippen LogP contribution in [0.1, 0.15) is 67.1 Å². The van der Waals surface area contributed by atoms with E-state index in [-0.39, 0.29) is 18.6 Å². The van der Waals surface area contributed by atoms with Crippen molar-refractivity contribution in [2.24, 2.45) is 0 Å². The minimum absolute atomic E-state index is 0.0433. The van der Waals surface area contributed by atoms with Gasteiger partial charge in [-0.3, -0.25) is 14.5 Å². The zero-order chi connectivity index (χ0) is 31.9. The van der Waals surface area contributed by atoms with Crippen LogP contribution >= 0.6 is 11.3 Å². The van der Waals surface area contributed by atoms with Gasteiger partial charge >= 0.3 is 0 Å². The van der Waals surface area contributed by atoms with Crippen LogP contribution in [0.2, 0.25) is 0 Å². The summed E-state index contributed by atoms with van der Waals surface area (Å²) in [4.78, 5) is 33.0. The van der Waals surface area contributed by atoms with Crippen LogP contribution in [0.5, 0.6) is 5.75 Å². The molecule has 2 amide bonds. The number of rotatable bonds is 9. The fraction of sp³-hybridized carbons (Fsp3) is 0.531. The number of methoxy groups -OCH3 is 1. The lowest BCUT2D eigenvalue weighted by atomic mass is 9.96. The number of fused-ring (bicyclic) bond motifs is 1. The van der Waals surface area contributed by atoms with Gasteiger partial charge in [0.05, 0.1) is 25.3 Å². The smallest absolute Gasteiger partial charge is 0.261 e. The largest absolute Gasteiger partial charge is 0.496 e. The lowest BCUT2D eigenvalue weighted by Gasteiger charge is -2.49. The van der Waals surface area contributed by atoms with Crippen molar-refractivity contribution in [1.82, 2.24) is 19.6 Å². The number of halogens is 1. The number of aliphatic hydroxyl groups is 1. The number of benzene rings is 1. The summed E-state index contributed by atoms with van der Waals surface area (Å²) in [7, 11) is 1.52. The summed E-state index contributed by atoms with van der Waals surface area (Å²) in [5.74, 6) is -0.674. The number of anilines is 1. The molecule has 2 atom stereocenters. The topological polar surface area (TPSA) is 110 Å². The maximum absolute atomic E-state index is 14.7. The van der Waals surface area contributed by atoms with Crippen LogP contribution in [0.15, 0.2) is 36.7 Å². The summed E-state index contributed by atoms with van der Waals surface area (Å²) >= 11 is 1.32. The van der Waals surface area contributed by atoms with Crippen molar-refractivity contribution in [3.8, 4) is 10.8 Å². The molecule has 3 aliphatic rings. The van der Waals surface area contributed by atoms with Gasteiger partial charge in [0.1, 0.15) is 33.2 Å². The van der Waals surface area contributed by atoms with Gasteiger partial charge in [-0.15, -0.1) is 0 Å². The first-order valence-corrected chi connectivity index (χ1v) is 16.2. The average molecular weight is 642 g/mol. The summed E-state index contributed by atoms with van der Waals surface area (Å²) in [6.07, 6.45) is 4.11. The second-order valence-corrected chi connectivity index (χ2v) is 13.2. The normalized spacial score (nSPS) is 20.1. The highest BCUT2D eigenvalue weighted by molar-refractivity contribution is 7.19. The average Bonchev–Trinajstić information content (AvgIpc) is 3.81. The van der Waals surface area contributed by atoms with E-state index in [9.17, 15) is 19.1 Å². The standard InChI is InChI=1S/C32H40FN5O6S/c1-20-26-27(39)38(32(2,3)30(40)35-13-5-6-14-35)31(41)36(29(26)45-28(20)37-15-7-12-34-37)19-25(44-22-10-16-43-17-11-22)23-18-21(33)8-9-24(23)42-4/h7-9,12,15,18,22,25,31,41H,5-6,10-11,13-14,16-17,19H2,1-4H3/t25-,31?/m0/s1. The molecule has 45 heavy (non-hydrogen) atoms. The van der Waals surface area contributed by atoms with Crippen LogP contribution in [0.25, 0.3) is 5.00 Å². The molecule has 6 rings (SSSR count). The van der Waals surface area contributed by atoms with Gasteiger partial charge in [-0.05, 0) is 70.7 Å². The monoisotopic (exact) mass is 641 g/mol. The maximum atomic E-state index is 14.7. The molecule has 3 aliphatic heterocycles. The molecule has 2 saturated heterocycles. The number of hydrogen-bond donors (Lipinski definition) is 1. The fourth-order valence-corrected chi connectivity index (χ4v) is 7.81. The molecule has 2 fully saturated rings. The first-order valence-electron chi connectivity index (χ1n) is 15.4. The highest BCUT2D eigenvalue weighted by Gasteiger charge is 2.51. The van der Waals surface area contributed by atoms with Crippen molar-refractivity contribution < 1.29 is 33.3 Å². The fourth-order valence-electron chi connectivity index (χ4n) is 6.54. The molecule has 0 spiro atoms. The van der Waals surface area contributed by atoms with E-state index in [1.807, 2.05) is 6.92 Å². The second-order valence-electron chi connectivity index (χ2n) is 12.2. The van der Waals surface area contributed by atoms with Crippen LogP contribution in [-0.2, 0) is 14.3 Å². The van der Waals surface area contributed by atoms with E-state index in [0.717, 1.165) is 12.8 Å². The van der Waals surface area contributed by atoms with Crippen LogP contribution in [0.3, 0.4) is 0 Å². The van der Waals surface area contributed by atoms with Gasteiger partial charge in [-0.1, -0.05) is 11.3 Å². The van der Waals surface area contributed by atoms with Crippen molar-refractivity contribution in [2.75, 3.05) is 44.9 Å². The van der Waals surface area contributed by atoms with Gasteiger partial charge in [0.25, 0.3) is 5.91 Å². The van der Waals surface area contributed by atoms with Gasteiger partial charge in [0.15, 0.2) is 0 Å². The molecular weight excluding hydrogens is 601 g/mol. The number of nitrogens with zero attached hydrogens (tertiary/aromatic N) is 5. The van der Waals surface area contributed by atoms with E-state index in [4.69, 9.17) is 14.2 Å². The zero-order valence-electron chi connectivity index (χ0n) is 26.1. The second kappa shape index (κ2) is 12.7. The number of carbonyl (C=O) groups is 2. The van der Waals surface area contributed by atoms with Crippen LogP contribution in [-0.4, -0.2) is 94.5 Å². The number of hydrogen-bond acceptors (Lipinski definition) is 9. The molecule has 1 aromatic carbocycles. The molecule has 0 radical (unpaired) electrons. The molecule has 13 heteroatoms. The third kappa shape index (κ3) is 5.82. The zero-order valence-corrected chi connectivity index (χ0v) is 26.9. The Morgan fingerprint density at radius 1 is 1.22 bits per heavy atom. The number of ether oxygens (including phenoxy) is 3. The summed E-state index contributed by atoms with van der Waals surface area (Å²) in [5.41, 5.74) is 0.175. The number of likely N-dealkylation sites (tertiary alicyclic amines) is 1. The first-order chi connectivity index (χ1) is 21.6. The van der Waals surface area contributed by atoms with Crippen molar-refractivity contribution in [1.29, 1.82) is 0 Å². The van der Waals surface area contributed by atoms with Crippen LogP contribution in [0.4, 0.5) is 9.39 Å². The molecule has 0 bridgehead atoms. The van der Waals surface area contributed by atoms with Gasteiger partial charge in [-0.2, -0.15) is 5.10 Å². The summed E-state index contributed by atoms with van der Waals surface area (Å²) in [6, 6.07) is 6.07. The molecule has 5 heterocycles. The number of thiophene rings is 1. The van der Waals surface area contributed by atoms with Crippen molar-refractivity contribution in [3.05, 3.63) is 59.2 Å².